The smallest absolute Gasteiger partial charge is 0.123 e. The van der Waals surface area contributed by atoms with E-state index in [0.717, 1.165) is 6.42 Å². The Bertz CT molecular complexity index is 380. The summed E-state index contributed by atoms with van der Waals surface area (Å²) in [5.41, 5.74) is -0.683. The first-order chi connectivity index (χ1) is 7.67. The Balaban J connectivity index is 3.09. The predicted molar refractivity (Wildman–Crippen MR) is 69.2 cm³/mol. The van der Waals surface area contributed by atoms with Crippen molar-refractivity contribution >= 4 is 0 Å². The van der Waals surface area contributed by atoms with Crippen molar-refractivity contribution in [2.75, 3.05) is 0 Å². The number of benzene rings is 1. The quantitative estimate of drug-likeness (QED) is 0.837. The highest BCUT2D eigenvalue weighted by Gasteiger charge is 2.41. The predicted octanol–water partition coefficient (Wildman–Crippen LogP) is 4.11. The van der Waals surface area contributed by atoms with Crippen molar-refractivity contribution < 1.29 is 9.50 Å². The second kappa shape index (κ2) is 4.77. The monoisotopic (exact) mass is 238 g/mol. The van der Waals surface area contributed by atoms with Gasteiger partial charge >= 0.3 is 0 Å². The summed E-state index contributed by atoms with van der Waals surface area (Å²) < 4.78 is 13.2. The van der Waals surface area contributed by atoms with Gasteiger partial charge in [-0.25, -0.2) is 4.39 Å². The van der Waals surface area contributed by atoms with Gasteiger partial charge < -0.3 is 5.11 Å². The second-order valence-electron chi connectivity index (χ2n) is 6.06. The van der Waals surface area contributed by atoms with Gasteiger partial charge in [-0.05, 0) is 42.4 Å². The van der Waals surface area contributed by atoms with E-state index >= 15 is 0 Å². The van der Waals surface area contributed by atoms with Crippen LogP contribution in [0.15, 0.2) is 24.3 Å². The van der Waals surface area contributed by atoms with E-state index in [-0.39, 0.29) is 11.2 Å². The first-order valence-electron chi connectivity index (χ1n) is 6.15. The lowest BCUT2D eigenvalue weighted by atomic mass is 9.68. The van der Waals surface area contributed by atoms with Crippen molar-refractivity contribution in [3.05, 3.63) is 35.6 Å². The van der Waals surface area contributed by atoms with Crippen molar-refractivity contribution in [2.24, 2.45) is 11.3 Å². The van der Waals surface area contributed by atoms with Crippen LogP contribution in [0, 0.1) is 17.2 Å². The highest BCUT2D eigenvalue weighted by molar-refractivity contribution is 5.24. The Hall–Kier alpha value is -0.890. The standard InChI is InChI=1S/C15H23FO/c1-11(2)10-14(3,4)15(5,17)12-7-6-8-13(16)9-12/h6-9,11,17H,10H2,1-5H3/t15-/m0/s1. The molecule has 0 aromatic heterocycles. The third kappa shape index (κ3) is 3.06. The molecule has 1 N–H and O–H groups in total. The van der Waals surface area contributed by atoms with Gasteiger partial charge in [0.15, 0.2) is 0 Å². The van der Waals surface area contributed by atoms with E-state index in [4.69, 9.17) is 0 Å². The van der Waals surface area contributed by atoms with E-state index in [2.05, 4.69) is 13.8 Å². The SMILES string of the molecule is CC(C)CC(C)(C)[C@@](C)(O)c1cccc(F)c1. The molecule has 0 unspecified atom stereocenters. The van der Waals surface area contributed by atoms with Crippen LogP contribution < -0.4 is 0 Å². The van der Waals surface area contributed by atoms with Crippen molar-refractivity contribution in [2.45, 2.75) is 46.6 Å². The summed E-state index contributed by atoms with van der Waals surface area (Å²) in [6.07, 6.45) is 0.885. The average Bonchev–Trinajstić information content (AvgIpc) is 2.15. The van der Waals surface area contributed by atoms with E-state index < -0.39 is 5.60 Å². The van der Waals surface area contributed by atoms with Crippen LogP contribution >= 0.6 is 0 Å². The minimum Gasteiger partial charge on any atom is -0.385 e. The van der Waals surface area contributed by atoms with Gasteiger partial charge in [-0.15, -0.1) is 0 Å². The molecule has 1 aromatic rings. The molecule has 1 aromatic carbocycles. The summed E-state index contributed by atoms with van der Waals surface area (Å²) in [7, 11) is 0. The lowest BCUT2D eigenvalue weighted by molar-refractivity contribution is -0.0676. The third-order valence-corrected chi connectivity index (χ3v) is 3.62. The molecule has 96 valence electrons. The first kappa shape index (κ1) is 14.2. The zero-order chi connectivity index (χ0) is 13.3. The van der Waals surface area contributed by atoms with Gasteiger partial charge in [0, 0.05) is 0 Å². The van der Waals surface area contributed by atoms with Crippen molar-refractivity contribution in [3.63, 3.8) is 0 Å². The van der Waals surface area contributed by atoms with Gasteiger partial charge in [-0.3, -0.25) is 0 Å². The Kier molecular flexibility index (Phi) is 3.98. The summed E-state index contributed by atoms with van der Waals surface area (Å²) in [6.45, 7) is 10.1. The van der Waals surface area contributed by atoms with Gasteiger partial charge in [0.2, 0.25) is 0 Å². The Morgan fingerprint density at radius 2 is 1.82 bits per heavy atom. The fourth-order valence-electron chi connectivity index (χ4n) is 2.40. The van der Waals surface area contributed by atoms with Crippen molar-refractivity contribution in [1.29, 1.82) is 0 Å². The van der Waals surface area contributed by atoms with E-state index in [1.807, 2.05) is 13.8 Å². The minimum absolute atomic E-state index is 0.297. The Morgan fingerprint density at radius 3 is 2.29 bits per heavy atom. The molecule has 0 bridgehead atoms. The summed E-state index contributed by atoms with van der Waals surface area (Å²) >= 11 is 0. The van der Waals surface area contributed by atoms with Gasteiger partial charge in [-0.1, -0.05) is 39.8 Å². The molecular formula is C15H23FO. The molecule has 0 spiro atoms. The maximum absolute atomic E-state index is 13.2. The maximum Gasteiger partial charge on any atom is 0.123 e. The lowest BCUT2D eigenvalue weighted by Gasteiger charge is -2.41. The van der Waals surface area contributed by atoms with Gasteiger partial charge in [0.25, 0.3) is 0 Å². The highest BCUT2D eigenvalue weighted by atomic mass is 19.1. The molecule has 0 aliphatic rings. The molecule has 0 saturated heterocycles. The van der Waals surface area contributed by atoms with Crippen LogP contribution in [0.25, 0.3) is 0 Å². The van der Waals surface area contributed by atoms with Crippen LogP contribution in [0.3, 0.4) is 0 Å². The number of rotatable bonds is 4. The molecule has 1 atom stereocenters. The van der Waals surface area contributed by atoms with E-state index in [9.17, 15) is 9.50 Å². The van der Waals surface area contributed by atoms with Crippen LogP contribution in [-0.2, 0) is 5.60 Å². The summed E-state index contributed by atoms with van der Waals surface area (Å²) in [6, 6.07) is 6.24. The lowest BCUT2D eigenvalue weighted by Crippen LogP contribution is -2.40. The molecular weight excluding hydrogens is 215 g/mol. The molecule has 0 radical (unpaired) electrons. The zero-order valence-corrected chi connectivity index (χ0v) is 11.4. The molecule has 2 heteroatoms. The third-order valence-electron chi connectivity index (χ3n) is 3.62. The van der Waals surface area contributed by atoms with Crippen LogP contribution in [0.5, 0.6) is 0 Å². The van der Waals surface area contributed by atoms with Gasteiger partial charge in [0.1, 0.15) is 5.82 Å². The average molecular weight is 238 g/mol. The van der Waals surface area contributed by atoms with Crippen LogP contribution in [0.2, 0.25) is 0 Å². The summed E-state index contributed by atoms with van der Waals surface area (Å²) in [4.78, 5) is 0. The molecule has 0 aliphatic heterocycles. The van der Waals surface area contributed by atoms with Crippen LogP contribution in [-0.4, -0.2) is 5.11 Å². The largest absolute Gasteiger partial charge is 0.385 e. The Morgan fingerprint density at radius 1 is 1.24 bits per heavy atom. The second-order valence-corrected chi connectivity index (χ2v) is 6.06. The summed E-state index contributed by atoms with van der Waals surface area (Å²) in [5.74, 6) is 0.188. The Labute approximate surface area is 104 Å². The topological polar surface area (TPSA) is 20.2 Å². The molecule has 1 rings (SSSR count). The first-order valence-corrected chi connectivity index (χ1v) is 6.15. The van der Waals surface area contributed by atoms with E-state index in [0.29, 0.717) is 11.5 Å². The fraction of sp³-hybridized carbons (Fsp3) is 0.600. The highest BCUT2D eigenvalue weighted by Crippen LogP contribution is 2.43. The molecule has 0 saturated carbocycles. The number of hydrogen-bond acceptors (Lipinski definition) is 1. The molecule has 0 aliphatic carbocycles. The number of hydrogen-bond donors (Lipinski definition) is 1. The van der Waals surface area contributed by atoms with E-state index in [1.165, 1.54) is 12.1 Å². The molecule has 0 amide bonds. The number of halogens is 1. The van der Waals surface area contributed by atoms with Crippen molar-refractivity contribution in [1.82, 2.24) is 0 Å². The van der Waals surface area contributed by atoms with Gasteiger partial charge in [0.05, 0.1) is 5.60 Å². The normalized spacial score (nSPS) is 16.0. The maximum atomic E-state index is 13.2. The molecule has 17 heavy (non-hydrogen) atoms. The molecule has 0 heterocycles. The van der Waals surface area contributed by atoms with Crippen molar-refractivity contribution in [3.8, 4) is 0 Å². The molecule has 1 nitrogen and oxygen atoms in total. The molecule has 0 fully saturated rings. The van der Waals surface area contributed by atoms with Gasteiger partial charge in [-0.2, -0.15) is 0 Å². The summed E-state index contributed by atoms with van der Waals surface area (Å²) in [5, 5.41) is 10.7. The number of aliphatic hydroxyl groups is 1. The van der Waals surface area contributed by atoms with E-state index in [1.54, 1.807) is 19.1 Å². The van der Waals surface area contributed by atoms with Crippen LogP contribution in [0.1, 0.15) is 46.6 Å². The minimum atomic E-state index is -1.03. The van der Waals surface area contributed by atoms with Crippen LogP contribution in [0.4, 0.5) is 4.39 Å². The zero-order valence-electron chi connectivity index (χ0n) is 11.4. The fourth-order valence-corrected chi connectivity index (χ4v) is 2.40.